The van der Waals surface area contributed by atoms with Crippen molar-refractivity contribution < 1.29 is 23.9 Å². The van der Waals surface area contributed by atoms with E-state index in [1.54, 1.807) is 18.7 Å². The van der Waals surface area contributed by atoms with E-state index >= 15 is 0 Å². The minimum atomic E-state index is -0.533. The highest BCUT2D eigenvalue weighted by Gasteiger charge is 2.22. The number of hydrogen-bond acceptors (Lipinski definition) is 7. The van der Waals surface area contributed by atoms with Gasteiger partial charge in [-0.2, -0.15) is 0 Å². The van der Waals surface area contributed by atoms with E-state index in [-0.39, 0.29) is 17.5 Å². The van der Waals surface area contributed by atoms with E-state index in [1.807, 2.05) is 18.2 Å². The lowest BCUT2D eigenvalue weighted by molar-refractivity contribution is -0.129. The van der Waals surface area contributed by atoms with Crippen LogP contribution >= 0.6 is 11.6 Å². The number of aromatic nitrogens is 2. The van der Waals surface area contributed by atoms with E-state index in [1.165, 1.54) is 18.5 Å². The van der Waals surface area contributed by atoms with Crippen LogP contribution < -0.4 is 15.5 Å². The monoisotopic (exact) mass is 458 g/mol. The van der Waals surface area contributed by atoms with E-state index in [4.69, 9.17) is 26.3 Å². The number of hydroxylamine groups is 1. The van der Waals surface area contributed by atoms with Gasteiger partial charge in [0.25, 0.3) is 5.91 Å². The van der Waals surface area contributed by atoms with Crippen LogP contribution in [0, 0.1) is 5.82 Å². The Labute approximate surface area is 188 Å². The maximum atomic E-state index is 13.5. The topological polar surface area (TPSA) is 106 Å². The summed E-state index contributed by atoms with van der Waals surface area (Å²) in [5.41, 5.74) is 3.73. The van der Waals surface area contributed by atoms with Crippen molar-refractivity contribution in [2.45, 2.75) is 25.4 Å². The number of benzene rings is 2. The molecule has 0 spiro atoms. The predicted octanol–water partition coefficient (Wildman–Crippen LogP) is 4.29. The summed E-state index contributed by atoms with van der Waals surface area (Å²) < 4.78 is 24.9. The van der Waals surface area contributed by atoms with Crippen LogP contribution in [0.4, 0.5) is 15.9 Å². The third kappa shape index (κ3) is 4.74. The Morgan fingerprint density at radius 3 is 2.94 bits per heavy atom. The van der Waals surface area contributed by atoms with Gasteiger partial charge in [0.15, 0.2) is 0 Å². The molecule has 166 valence electrons. The van der Waals surface area contributed by atoms with Crippen LogP contribution in [0.25, 0.3) is 10.9 Å². The molecule has 2 heterocycles. The number of amides is 1. The van der Waals surface area contributed by atoms with Gasteiger partial charge in [-0.1, -0.05) is 11.6 Å². The van der Waals surface area contributed by atoms with Crippen molar-refractivity contribution in [3.63, 3.8) is 0 Å². The zero-order valence-corrected chi connectivity index (χ0v) is 17.8. The second-order valence-electron chi connectivity index (χ2n) is 7.22. The summed E-state index contributed by atoms with van der Waals surface area (Å²) in [7, 11) is 1.58. The SMILES string of the molecule is COc1cc2ncnc(Nc3ccc(F)c(Cl)c3)c2cc1CC1CC=C(CC(=O)NO)O1. The van der Waals surface area contributed by atoms with Crippen molar-refractivity contribution in [3.05, 3.63) is 64.9 Å². The Morgan fingerprint density at radius 1 is 1.34 bits per heavy atom. The summed E-state index contributed by atoms with van der Waals surface area (Å²) in [6.45, 7) is 0. The normalized spacial score (nSPS) is 15.2. The third-order valence-electron chi connectivity index (χ3n) is 5.05. The number of halogens is 2. The minimum Gasteiger partial charge on any atom is -0.496 e. The van der Waals surface area contributed by atoms with Gasteiger partial charge in [0.05, 0.1) is 24.1 Å². The minimum absolute atomic E-state index is 0.00675. The smallest absolute Gasteiger partial charge is 0.250 e. The van der Waals surface area contributed by atoms with Gasteiger partial charge in [0.2, 0.25) is 0 Å². The highest BCUT2D eigenvalue weighted by Crippen LogP contribution is 2.33. The highest BCUT2D eigenvalue weighted by atomic mass is 35.5. The quantitative estimate of drug-likeness (QED) is 0.358. The molecule has 1 atom stereocenters. The number of rotatable bonds is 7. The molecule has 1 amide bonds. The largest absolute Gasteiger partial charge is 0.496 e. The molecule has 32 heavy (non-hydrogen) atoms. The standard InChI is InChI=1S/C22H20ClFN4O4/c1-31-20-10-19-16(7-12(20)6-14-3-4-15(32-14)9-21(29)28-30)22(26-11-25-19)27-13-2-5-18(24)17(23)8-13/h2,4-5,7-8,10-11,14,30H,3,6,9H2,1H3,(H,28,29)(H,25,26,27). The lowest BCUT2D eigenvalue weighted by Crippen LogP contribution is -2.19. The van der Waals surface area contributed by atoms with E-state index in [2.05, 4.69) is 15.3 Å². The third-order valence-corrected chi connectivity index (χ3v) is 5.34. The summed E-state index contributed by atoms with van der Waals surface area (Å²) >= 11 is 5.89. The van der Waals surface area contributed by atoms with Crippen LogP contribution in [0.15, 0.2) is 48.5 Å². The molecule has 0 saturated carbocycles. The van der Waals surface area contributed by atoms with E-state index in [0.717, 1.165) is 10.9 Å². The van der Waals surface area contributed by atoms with Gasteiger partial charge in [-0.05, 0) is 35.9 Å². The van der Waals surface area contributed by atoms with Crippen molar-refractivity contribution >= 4 is 39.9 Å². The van der Waals surface area contributed by atoms with Crippen molar-refractivity contribution in [2.24, 2.45) is 0 Å². The fourth-order valence-electron chi connectivity index (χ4n) is 3.54. The molecule has 0 aliphatic carbocycles. The first kappa shape index (κ1) is 21.8. The molecule has 1 aliphatic rings. The fourth-order valence-corrected chi connectivity index (χ4v) is 3.72. The number of nitrogens with zero attached hydrogens (tertiary/aromatic N) is 2. The van der Waals surface area contributed by atoms with E-state index < -0.39 is 11.7 Å². The molecular formula is C22H20ClFN4O4. The van der Waals surface area contributed by atoms with Crippen molar-refractivity contribution in [3.8, 4) is 5.75 Å². The highest BCUT2D eigenvalue weighted by molar-refractivity contribution is 6.31. The van der Waals surface area contributed by atoms with E-state index in [0.29, 0.717) is 41.4 Å². The van der Waals surface area contributed by atoms with Crippen LogP contribution in [0.2, 0.25) is 5.02 Å². The summed E-state index contributed by atoms with van der Waals surface area (Å²) in [6.07, 6.45) is 4.21. The molecule has 10 heteroatoms. The predicted molar refractivity (Wildman–Crippen MR) is 117 cm³/mol. The maximum absolute atomic E-state index is 13.5. The molecule has 2 aromatic carbocycles. The fraction of sp³-hybridized carbons (Fsp3) is 0.227. The van der Waals surface area contributed by atoms with Gasteiger partial charge in [0, 0.05) is 30.0 Å². The number of carbonyl (C=O) groups excluding carboxylic acids is 1. The molecule has 0 saturated heterocycles. The molecule has 1 aromatic heterocycles. The van der Waals surface area contributed by atoms with Crippen molar-refractivity contribution in [2.75, 3.05) is 12.4 Å². The van der Waals surface area contributed by atoms with Crippen molar-refractivity contribution in [1.29, 1.82) is 0 Å². The first-order valence-corrected chi connectivity index (χ1v) is 10.2. The number of methoxy groups -OCH3 is 1. The van der Waals surface area contributed by atoms with Crippen LogP contribution in [-0.2, 0) is 16.0 Å². The van der Waals surface area contributed by atoms with Crippen LogP contribution in [0.3, 0.4) is 0 Å². The van der Waals surface area contributed by atoms with Gasteiger partial charge >= 0.3 is 0 Å². The average molecular weight is 459 g/mol. The number of ether oxygens (including phenoxy) is 2. The Morgan fingerprint density at radius 2 is 2.19 bits per heavy atom. The summed E-state index contributed by atoms with van der Waals surface area (Å²) in [4.78, 5) is 20.0. The summed E-state index contributed by atoms with van der Waals surface area (Å²) in [6, 6.07) is 8.07. The molecule has 1 unspecified atom stereocenters. The van der Waals surface area contributed by atoms with E-state index in [9.17, 15) is 9.18 Å². The number of hydrogen-bond donors (Lipinski definition) is 3. The van der Waals surface area contributed by atoms with Gasteiger partial charge in [-0.15, -0.1) is 0 Å². The molecule has 1 aliphatic heterocycles. The number of anilines is 2. The van der Waals surface area contributed by atoms with Crippen molar-refractivity contribution in [1.82, 2.24) is 15.4 Å². The number of nitrogens with one attached hydrogen (secondary N) is 2. The Balaban J connectivity index is 1.60. The van der Waals surface area contributed by atoms with Gasteiger partial charge in [-0.3, -0.25) is 10.0 Å². The lowest BCUT2D eigenvalue weighted by atomic mass is 10.0. The second kappa shape index (κ2) is 9.37. The first-order valence-electron chi connectivity index (χ1n) is 9.79. The molecule has 0 fully saturated rings. The molecule has 0 bridgehead atoms. The molecular weight excluding hydrogens is 439 g/mol. The molecule has 3 aromatic rings. The van der Waals surface area contributed by atoms with Crippen LogP contribution in [0.1, 0.15) is 18.4 Å². The summed E-state index contributed by atoms with van der Waals surface area (Å²) in [5, 5.41) is 12.6. The lowest BCUT2D eigenvalue weighted by Gasteiger charge is -2.17. The number of carbonyl (C=O) groups is 1. The molecule has 4 rings (SSSR count). The number of fused-ring (bicyclic) bond motifs is 1. The average Bonchev–Trinajstić information content (AvgIpc) is 3.22. The van der Waals surface area contributed by atoms with Crippen LogP contribution in [0.5, 0.6) is 5.75 Å². The first-order chi connectivity index (χ1) is 15.5. The van der Waals surface area contributed by atoms with Gasteiger partial charge in [-0.25, -0.2) is 19.8 Å². The molecule has 8 nitrogen and oxygen atoms in total. The zero-order valence-electron chi connectivity index (χ0n) is 17.1. The molecule has 0 radical (unpaired) electrons. The summed E-state index contributed by atoms with van der Waals surface area (Å²) in [5.74, 6) is 0.663. The van der Waals surface area contributed by atoms with Crippen LogP contribution in [-0.4, -0.2) is 34.3 Å². The Hall–Kier alpha value is -3.43. The Bertz CT molecular complexity index is 1200. The maximum Gasteiger partial charge on any atom is 0.250 e. The molecule has 3 N–H and O–H groups in total. The zero-order chi connectivity index (χ0) is 22.7. The van der Waals surface area contributed by atoms with Gasteiger partial charge < -0.3 is 14.8 Å². The Kier molecular flexibility index (Phi) is 6.38. The second-order valence-corrected chi connectivity index (χ2v) is 7.63. The van der Waals surface area contributed by atoms with Gasteiger partial charge in [0.1, 0.15) is 35.6 Å².